The first-order valence-electron chi connectivity index (χ1n) is 12.8. The van der Waals surface area contributed by atoms with Crippen molar-refractivity contribution < 1.29 is 19.1 Å². The maximum atomic E-state index is 13.9. The third-order valence-corrected chi connectivity index (χ3v) is 7.81. The molecule has 3 heterocycles. The second-order valence-electron chi connectivity index (χ2n) is 10.7. The van der Waals surface area contributed by atoms with Crippen LogP contribution in [0.2, 0.25) is 0 Å². The smallest absolute Gasteiger partial charge is 0.267 e. The Bertz CT molecular complexity index is 1470. The summed E-state index contributed by atoms with van der Waals surface area (Å²) in [5, 5.41) is 20.5. The number of rotatable bonds is 5. The van der Waals surface area contributed by atoms with Crippen molar-refractivity contribution in [3.63, 3.8) is 0 Å². The van der Waals surface area contributed by atoms with Crippen LogP contribution in [0.15, 0.2) is 53.3 Å². The molecule has 0 saturated carbocycles. The zero-order valence-corrected chi connectivity index (χ0v) is 21.6. The van der Waals surface area contributed by atoms with Crippen molar-refractivity contribution >= 4 is 11.8 Å². The molecule has 2 aliphatic rings. The molecule has 2 aromatic carbocycles. The van der Waals surface area contributed by atoms with Gasteiger partial charge in [0.15, 0.2) is 0 Å². The summed E-state index contributed by atoms with van der Waals surface area (Å²) in [6.45, 7) is 5.35. The Morgan fingerprint density at radius 3 is 2.68 bits per heavy atom. The fourth-order valence-corrected chi connectivity index (χ4v) is 5.87. The molecule has 4 atom stereocenters. The lowest BCUT2D eigenvalue weighted by molar-refractivity contribution is -0.153. The number of amides is 2. The van der Waals surface area contributed by atoms with Crippen molar-refractivity contribution in [2.45, 2.75) is 70.2 Å². The highest BCUT2D eigenvalue weighted by atomic mass is 19.1. The van der Waals surface area contributed by atoms with E-state index in [1.807, 2.05) is 6.92 Å². The van der Waals surface area contributed by atoms with Crippen LogP contribution in [0.4, 0.5) is 4.39 Å². The summed E-state index contributed by atoms with van der Waals surface area (Å²) in [5.74, 6) is -1.08. The number of carbonyl (C=O) groups is 2. The molecule has 3 aromatic rings. The third-order valence-electron chi connectivity index (χ3n) is 7.81. The van der Waals surface area contributed by atoms with Crippen molar-refractivity contribution in [2.24, 2.45) is 0 Å². The number of aromatic nitrogens is 2. The molecule has 5 rings (SSSR count). The Hall–Kier alpha value is -3.85. The SMILES string of the molecule is Cc1cc(Cc2ccc(C(=O)N[C@@H]3CC(C)(O)[C@H]4CC[C@@H](c5cccc(F)c5)N4C3=O)cc2C)c(=O)[nH]n1. The van der Waals surface area contributed by atoms with Crippen molar-refractivity contribution in [3.8, 4) is 0 Å². The van der Waals surface area contributed by atoms with Gasteiger partial charge in [-0.1, -0.05) is 18.2 Å². The monoisotopic (exact) mass is 518 g/mol. The summed E-state index contributed by atoms with van der Waals surface area (Å²) < 4.78 is 13.9. The highest BCUT2D eigenvalue weighted by Gasteiger charge is 2.53. The quantitative estimate of drug-likeness (QED) is 0.480. The molecule has 9 heteroatoms. The summed E-state index contributed by atoms with van der Waals surface area (Å²) >= 11 is 0. The largest absolute Gasteiger partial charge is 0.388 e. The molecule has 2 aliphatic heterocycles. The number of fused-ring (bicyclic) bond motifs is 1. The molecule has 0 radical (unpaired) electrons. The van der Waals surface area contributed by atoms with Crippen LogP contribution in [0.1, 0.15) is 70.5 Å². The van der Waals surface area contributed by atoms with Crippen molar-refractivity contribution in [2.75, 3.05) is 0 Å². The molecule has 38 heavy (non-hydrogen) atoms. The fraction of sp³-hybridized carbons (Fsp3) is 0.379. The third kappa shape index (κ3) is 4.86. The maximum absolute atomic E-state index is 13.9. The van der Waals surface area contributed by atoms with Gasteiger partial charge in [-0.05, 0) is 80.6 Å². The van der Waals surface area contributed by atoms with Crippen LogP contribution in [0.5, 0.6) is 0 Å². The lowest BCUT2D eigenvalue weighted by atomic mass is 9.83. The van der Waals surface area contributed by atoms with Crippen molar-refractivity contribution in [1.29, 1.82) is 0 Å². The van der Waals surface area contributed by atoms with Crippen LogP contribution in [0.3, 0.4) is 0 Å². The second kappa shape index (κ2) is 9.79. The minimum atomic E-state index is -1.20. The highest BCUT2D eigenvalue weighted by Crippen LogP contribution is 2.45. The molecule has 2 amide bonds. The van der Waals surface area contributed by atoms with E-state index in [1.54, 1.807) is 55.1 Å². The number of benzene rings is 2. The van der Waals surface area contributed by atoms with E-state index in [4.69, 9.17) is 0 Å². The van der Waals surface area contributed by atoms with Crippen LogP contribution in [-0.2, 0) is 11.2 Å². The number of hydrogen-bond donors (Lipinski definition) is 3. The van der Waals surface area contributed by atoms with Crippen LogP contribution in [0, 0.1) is 19.7 Å². The molecule has 1 aromatic heterocycles. The Morgan fingerprint density at radius 1 is 1.16 bits per heavy atom. The zero-order chi connectivity index (χ0) is 27.2. The van der Waals surface area contributed by atoms with E-state index in [0.717, 1.165) is 11.1 Å². The van der Waals surface area contributed by atoms with Gasteiger partial charge < -0.3 is 15.3 Å². The molecule has 2 fully saturated rings. The number of aryl methyl sites for hydroxylation is 2. The minimum absolute atomic E-state index is 0.0931. The van der Waals surface area contributed by atoms with E-state index in [1.165, 1.54) is 12.1 Å². The average molecular weight is 519 g/mol. The zero-order valence-electron chi connectivity index (χ0n) is 21.6. The Morgan fingerprint density at radius 2 is 1.95 bits per heavy atom. The number of nitrogens with zero attached hydrogens (tertiary/aromatic N) is 2. The van der Waals surface area contributed by atoms with Gasteiger partial charge in [0.05, 0.1) is 23.4 Å². The van der Waals surface area contributed by atoms with Gasteiger partial charge in [0.2, 0.25) is 5.91 Å². The summed E-state index contributed by atoms with van der Waals surface area (Å²) in [6.07, 6.45) is 1.70. The topological polar surface area (TPSA) is 115 Å². The number of nitrogens with one attached hydrogen (secondary N) is 2. The average Bonchev–Trinajstić information content (AvgIpc) is 3.33. The molecule has 2 saturated heterocycles. The van der Waals surface area contributed by atoms with Gasteiger partial charge in [-0.25, -0.2) is 9.49 Å². The normalized spacial score (nSPS) is 24.8. The van der Waals surface area contributed by atoms with Crippen LogP contribution < -0.4 is 10.9 Å². The molecular weight excluding hydrogens is 487 g/mol. The predicted octanol–water partition coefficient (Wildman–Crippen LogP) is 3.10. The van der Waals surface area contributed by atoms with Gasteiger partial charge in [0.1, 0.15) is 11.9 Å². The van der Waals surface area contributed by atoms with Gasteiger partial charge >= 0.3 is 0 Å². The van der Waals surface area contributed by atoms with Crippen molar-refractivity contribution in [1.82, 2.24) is 20.4 Å². The number of H-pyrrole nitrogens is 1. The Balaban J connectivity index is 1.34. The van der Waals surface area contributed by atoms with Gasteiger partial charge in [-0.15, -0.1) is 0 Å². The molecule has 198 valence electrons. The van der Waals surface area contributed by atoms with E-state index < -0.39 is 23.6 Å². The number of hydrogen-bond acceptors (Lipinski definition) is 5. The molecule has 0 bridgehead atoms. The predicted molar refractivity (Wildman–Crippen MR) is 139 cm³/mol. The second-order valence-corrected chi connectivity index (χ2v) is 10.7. The van der Waals surface area contributed by atoms with Crippen LogP contribution >= 0.6 is 0 Å². The van der Waals surface area contributed by atoms with E-state index in [0.29, 0.717) is 41.6 Å². The van der Waals surface area contributed by atoms with E-state index >= 15 is 0 Å². The molecular formula is C29H31FN4O4. The van der Waals surface area contributed by atoms with Gasteiger partial charge in [-0.2, -0.15) is 5.10 Å². The van der Waals surface area contributed by atoms with E-state index in [9.17, 15) is 23.9 Å². The summed E-state index contributed by atoms with van der Waals surface area (Å²) in [5.41, 5.74) is 2.62. The van der Waals surface area contributed by atoms with Gasteiger partial charge in [-0.3, -0.25) is 14.4 Å². The van der Waals surface area contributed by atoms with Gasteiger partial charge in [0, 0.05) is 24.0 Å². The van der Waals surface area contributed by atoms with Crippen LogP contribution in [0.25, 0.3) is 0 Å². The van der Waals surface area contributed by atoms with Crippen LogP contribution in [-0.4, -0.2) is 49.7 Å². The summed E-state index contributed by atoms with van der Waals surface area (Å²) in [7, 11) is 0. The molecule has 1 unspecified atom stereocenters. The first-order valence-corrected chi connectivity index (χ1v) is 12.8. The summed E-state index contributed by atoms with van der Waals surface area (Å²) in [4.78, 5) is 40.5. The molecule has 0 spiro atoms. The minimum Gasteiger partial charge on any atom is -0.388 e. The Labute approximate surface area is 219 Å². The van der Waals surface area contributed by atoms with Crippen molar-refractivity contribution in [3.05, 3.63) is 98.2 Å². The number of carbonyl (C=O) groups excluding carboxylic acids is 2. The number of aromatic amines is 1. The lowest BCUT2D eigenvalue weighted by Crippen LogP contribution is -2.64. The first-order chi connectivity index (χ1) is 18.0. The lowest BCUT2D eigenvalue weighted by Gasteiger charge is -2.46. The molecule has 8 nitrogen and oxygen atoms in total. The van der Waals surface area contributed by atoms with E-state index in [2.05, 4.69) is 15.5 Å². The van der Waals surface area contributed by atoms with Gasteiger partial charge in [0.25, 0.3) is 11.5 Å². The summed E-state index contributed by atoms with van der Waals surface area (Å²) in [6, 6.07) is 11.4. The maximum Gasteiger partial charge on any atom is 0.267 e. The Kier molecular flexibility index (Phi) is 6.65. The first kappa shape index (κ1) is 25.8. The van der Waals surface area contributed by atoms with E-state index in [-0.39, 0.29) is 29.7 Å². The fourth-order valence-electron chi connectivity index (χ4n) is 5.87. The molecule has 3 N–H and O–H groups in total. The standard InChI is InChI=1S/C29H31FN4O4/c1-16-11-20(8-7-18(16)13-21-12-17(2)32-33-27(21)36)26(35)31-23-15-29(3,38)25-10-9-24(34(25)28(23)37)19-5-4-6-22(30)14-19/h4-8,11-12,14,23-25,38H,9-10,13,15H2,1-3H3,(H,31,35)(H,33,36)/t23-,24+,25-,29?/m1/s1. The number of piperidine rings is 1. The molecule has 0 aliphatic carbocycles. The highest BCUT2D eigenvalue weighted by molar-refractivity contribution is 5.98. The number of aliphatic hydroxyl groups is 1. The number of halogens is 1.